The van der Waals surface area contributed by atoms with Crippen molar-refractivity contribution in [3.05, 3.63) is 34.9 Å². The van der Waals surface area contributed by atoms with E-state index in [2.05, 4.69) is 0 Å². The number of ether oxygens (including phenoxy) is 1. The van der Waals surface area contributed by atoms with Crippen LogP contribution in [0.4, 0.5) is 0 Å². The van der Waals surface area contributed by atoms with Gasteiger partial charge in [0.1, 0.15) is 13.2 Å². The van der Waals surface area contributed by atoms with Gasteiger partial charge in [0.2, 0.25) is 0 Å². The van der Waals surface area contributed by atoms with E-state index in [0.717, 1.165) is 11.1 Å². The second-order valence-corrected chi connectivity index (χ2v) is 3.61. The highest BCUT2D eigenvalue weighted by Gasteiger charge is 2.08. The number of aliphatic carboxylic acids is 1. The normalized spacial score (nSPS) is 10.1. The van der Waals surface area contributed by atoms with Crippen LogP contribution in [0.3, 0.4) is 0 Å². The smallest absolute Gasteiger partial charge is 0.329 e. The molecule has 0 heterocycles. The van der Waals surface area contributed by atoms with Gasteiger partial charge in [0.15, 0.2) is 5.78 Å². The molecular formula is C12H14O4. The van der Waals surface area contributed by atoms with Crippen molar-refractivity contribution in [2.24, 2.45) is 0 Å². The highest BCUT2D eigenvalue weighted by Crippen LogP contribution is 2.10. The molecule has 1 rings (SSSR count). The lowest BCUT2D eigenvalue weighted by atomic mass is 10.0. The molecule has 4 heteroatoms. The minimum atomic E-state index is -1.08. The minimum Gasteiger partial charge on any atom is -0.480 e. The number of carbonyl (C=O) groups is 2. The van der Waals surface area contributed by atoms with Crippen molar-refractivity contribution in [3.8, 4) is 0 Å². The van der Waals surface area contributed by atoms with E-state index >= 15 is 0 Å². The number of hydrogen-bond acceptors (Lipinski definition) is 3. The number of hydrogen-bond donors (Lipinski definition) is 1. The minimum absolute atomic E-state index is 0.200. The number of carboxylic acids is 1. The van der Waals surface area contributed by atoms with Crippen molar-refractivity contribution in [1.29, 1.82) is 0 Å². The van der Waals surface area contributed by atoms with Crippen LogP contribution in [-0.4, -0.2) is 30.1 Å². The molecule has 0 saturated carbocycles. The second kappa shape index (κ2) is 5.42. The fourth-order valence-corrected chi connectivity index (χ4v) is 1.23. The van der Waals surface area contributed by atoms with Crippen molar-refractivity contribution >= 4 is 11.8 Å². The Morgan fingerprint density at radius 3 is 2.44 bits per heavy atom. The molecule has 1 aromatic rings. The Hall–Kier alpha value is -1.68. The van der Waals surface area contributed by atoms with E-state index in [1.807, 2.05) is 19.9 Å². The van der Waals surface area contributed by atoms with Crippen molar-refractivity contribution in [1.82, 2.24) is 0 Å². The van der Waals surface area contributed by atoms with Crippen molar-refractivity contribution in [2.45, 2.75) is 13.8 Å². The monoisotopic (exact) mass is 222 g/mol. The zero-order valence-electron chi connectivity index (χ0n) is 9.32. The predicted molar refractivity (Wildman–Crippen MR) is 58.7 cm³/mol. The predicted octanol–water partition coefficient (Wildman–Crippen LogP) is 1.59. The number of aryl methyl sites for hydroxylation is 2. The molecule has 1 N–H and O–H groups in total. The number of benzene rings is 1. The summed E-state index contributed by atoms with van der Waals surface area (Å²) in [6, 6.07) is 5.36. The van der Waals surface area contributed by atoms with Crippen LogP contribution in [0.1, 0.15) is 21.5 Å². The molecule has 0 aliphatic rings. The van der Waals surface area contributed by atoms with Gasteiger partial charge in [-0.15, -0.1) is 0 Å². The molecule has 0 saturated heterocycles. The lowest BCUT2D eigenvalue weighted by Gasteiger charge is -2.04. The summed E-state index contributed by atoms with van der Waals surface area (Å²) in [7, 11) is 0. The van der Waals surface area contributed by atoms with E-state index in [4.69, 9.17) is 9.84 Å². The molecule has 0 bridgehead atoms. The van der Waals surface area contributed by atoms with E-state index in [0.29, 0.717) is 5.56 Å². The van der Waals surface area contributed by atoms with Crippen LogP contribution in [0.2, 0.25) is 0 Å². The average Bonchev–Trinajstić information content (AvgIpc) is 2.21. The van der Waals surface area contributed by atoms with Gasteiger partial charge in [-0.3, -0.25) is 4.79 Å². The van der Waals surface area contributed by atoms with Gasteiger partial charge in [0.05, 0.1) is 0 Å². The number of carbonyl (C=O) groups excluding carboxylic acids is 1. The first kappa shape index (κ1) is 12.4. The SMILES string of the molecule is Cc1ccc(C(=O)COCC(=O)O)cc1C. The third-order valence-corrected chi connectivity index (χ3v) is 2.29. The van der Waals surface area contributed by atoms with Crippen LogP contribution in [0, 0.1) is 13.8 Å². The molecule has 1 aromatic carbocycles. The molecule has 0 fully saturated rings. The van der Waals surface area contributed by atoms with Crippen LogP contribution in [-0.2, 0) is 9.53 Å². The highest BCUT2D eigenvalue weighted by atomic mass is 16.5. The molecule has 0 amide bonds. The fraction of sp³-hybridized carbons (Fsp3) is 0.333. The summed E-state index contributed by atoms with van der Waals surface area (Å²) in [6.07, 6.45) is 0. The van der Waals surface area contributed by atoms with E-state index in [1.54, 1.807) is 12.1 Å². The van der Waals surface area contributed by atoms with Gasteiger partial charge in [-0.25, -0.2) is 4.79 Å². The summed E-state index contributed by atoms with van der Waals surface area (Å²) in [6.45, 7) is 3.24. The Bertz CT molecular complexity index is 409. The van der Waals surface area contributed by atoms with Crippen LogP contribution in [0.5, 0.6) is 0 Å². The Labute approximate surface area is 93.9 Å². The van der Waals surface area contributed by atoms with Gasteiger partial charge in [-0.1, -0.05) is 12.1 Å². The molecular weight excluding hydrogens is 208 g/mol. The topological polar surface area (TPSA) is 63.6 Å². The van der Waals surface area contributed by atoms with Gasteiger partial charge < -0.3 is 9.84 Å². The number of rotatable bonds is 5. The van der Waals surface area contributed by atoms with Crippen LogP contribution in [0.15, 0.2) is 18.2 Å². The zero-order chi connectivity index (χ0) is 12.1. The summed E-state index contributed by atoms with van der Waals surface area (Å²) in [5, 5.41) is 8.34. The first-order valence-electron chi connectivity index (χ1n) is 4.90. The highest BCUT2D eigenvalue weighted by molar-refractivity contribution is 5.97. The number of carboxylic acid groups (broad SMARTS) is 1. The summed E-state index contributed by atoms with van der Waals surface area (Å²) >= 11 is 0. The number of Topliss-reactive ketones (excluding diaryl/α,β-unsaturated/α-hetero) is 1. The Kier molecular flexibility index (Phi) is 4.19. The van der Waals surface area contributed by atoms with E-state index < -0.39 is 12.6 Å². The molecule has 4 nitrogen and oxygen atoms in total. The van der Waals surface area contributed by atoms with Gasteiger partial charge in [0.25, 0.3) is 0 Å². The van der Waals surface area contributed by atoms with Crippen molar-refractivity contribution in [3.63, 3.8) is 0 Å². The quantitative estimate of drug-likeness (QED) is 0.768. The third kappa shape index (κ3) is 3.47. The summed E-state index contributed by atoms with van der Waals surface area (Å²) in [5.41, 5.74) is 2.69. The second-order valence-electron chi connectivity index (χ2n) is 3.61. The molecule has 16 heavy (non-hydrogen) atoms. The first-order chi connectivity index (χ1) is 7.50. The van der Waals surface area contributed by atoms with Crippen molar-refractivity contribution < 1.29 is 19.4 Å². The molecule has 0 radical (unpaired) electrons. The molecule has 86 valence electrons. The zero-order valence-corrected chi connectivity index (χ0v) is 9.32. The Balaban J connectivity index is 2.59. The summed E-state index contributed by atoms with van der Waals surface area (Å²) in [4.78, 5) is 21.8. The lowest BCUT2D eigenvalue weighted by molar-refractivity contribution is -0.141. The average molecular weight is 222 g/mol. The maximum Gasteiger partial charge on any atom is 0.329 e. The lowest BCUT2D eigenvalue weighted by Crippen LogP contribution is -2.14. The van der Waals surface area contributed by atoms with Crippen LogP contribution in [0.25, 0.3) is 0 Å². The third-order valence-electron chi connectivity index (χ3n) is 2.29. The van der Waals surface area contributed by atoms with Crippen LogP contribution < -0.4 is 0 Å². The molecule has 0 spiro atoms. The Morgan fingerprint density at radius 2 is 1.88 bits per heavy atom. The standard InChI is InChI=1S/C12H14O4/c1-8-3-4-10(5-9(8)2)11(13)6-16-7-12(14)15/h3-5H,6-7H2,1-2H3,(H,14,15). The molecule has 0 aliphatic heterocycles. The fourth-order valence-electron chi connectivity index (χ4n) is 1.23. The summed E-state index contributed by atoms with van der Waals surface area (Å²) in [5.74, 6) is -1.28. The van der Waals surface area contributed by atoms with E-state index in [9.17, 15) is 9.59 Å². The Morgan fingerprint density at radius 1 is 1.19 bits per heavy atom. The maximum absolute atomic E-state index is 11.6. The summed E-state index contributed by atoms with van der Waals surface area (Å²) < 4.78 is 4.73. The number of ketones is 1. The molecule has 0 unspecified atom stereocenters. The van der Waals surface area contributed by atoms with Gasteiger partial charge >= 0.3 is 5.97 Å². The van der Waals surface area contributed by atoms with Crippen molar-refractivity contribution in [2.75, 3.05) is 13.2 Å². The molecule has 0 aromatic heterocycles. The van der Waals surface area contributed by atoms with E-state index in [-0.39, 0.29) is 12.4 Å². The largest absolute Gasteiger partial charge is 0.480 e. The first-order valence-corrected chi connectivity index (χ1v) is 4.90. The molecule has 0 atom stereocenters. The van der Waals surface area contributed by atoms with Gasteiger partial charge in [-0.2, -0.15) is 0 Å². The van der Waals surface area contributed by atoms with Gasteiger partial charge in [-0.05, 0) is 31.0 Å². The van der Waals surface area contributed by atoms with Gasteiger partial charge in [0, 0.05) is 5.56 Å². The molecule has 0 aliphatic carbocycles. The van der Waals surface area contributed by atoms with Crippen LogP contribution >= 0.6 is 0 Å². The van der Waals surface area contributed by atoms with E-state index in [1.165, 1.54) is 0 Å². The maximum atomic E-state index is 11.6.